The lowest BCUT2D eigenvalue weighted by molar-refractivity contribution is 0.261. The maximum Gasteiger partial charge on any atom is 0.189 e. The summed E-state index contributed by atoms with van der Waals surface area (Å²) in [6.45, 7) is 2.17. The van der Waals surface area contributed by atoms with Gasteiger partial charge in [-0.15, -0.1) is 0 Å². The van der Waals surface area contributed by atoms with Crippen LogP contribution in [0.5, 0.6) is 5.75 Å². The molecular weight excluding hydrogens is 288 g/mol. The molecule has 1 saturated carbocycles. The summed E-state index contributed by atoms with van der Waals surface area (Å²) < 4.78 is 5.75. The average Bonchev–Trinajstić information content (AvgIpc) is 2.54. The van der Waals surface area contributed by atoms with Gasteiger partial charge in [0.1, 0.15) is 12.4 Å². The van der Waals surface area contributed by atoms with Crippen LogP contribution in [-0.2, 0) is 6.54 Å². The highest BCUT2D eigenvalue weighted by atomic mass is 16.5. The van der Waals surface area contributed by atoms with Crippen LogP contribution >= 0.6 is 0 Å². The standard InChI is InChI=1S/C18H30N4O/c1-22(2)11-12-23-17-10-6-7-15(13-17)14-20-18(19)21-16-8-4-3-5-9-16/h6-7,10,13,16H,3-5,8-9,11-12,14H2,1-2H3,(H3,19,20,21). The van der Waals surface area contributed by atoms with Gasteiger partial charge in [0.2, 0.25) is 0 Å². The van der Waals surface area contributed by atoms with Crippen LogP contribution in [0.3, 0.4) is 0 Å². The lowest BCUT2D eigenvalue weighted by atomic mass is 9.96. The van der Waals surface area contributed by atoms with Crippen molar-refractivity contribution in [1.82, 2.24) is 10.2 Å². The molecule has 0 atom stereocenters. The summed E-state index contributed by atoms with van der Waals surface area (Å²) in [4.78, 5) is 6.56. The summed E-state index contributed by atoms with van der Waals surface area (Å²) in [6.07, 6.45) is 6.32. The van der Waals surface area contributed by atoms with Crippen molar-refractivity contribution in [3.8, 4) is 5.75 Å². The van der Waals surface area contributed by atoms with Gasteiger partial charge < -0.3 is 20.7 Å². The van der Waals surface area contributed by atoms with Gasteiger partial charge in [0.05, 0.1) is 6.54 Å². The van der Waals surface area contributed by atoms with E-state index in [1.54, 1.807) is 0 Å². The van der Waals surface area contributed by atoms with Gasteiger partial charge >= 0.3 is 0 Å². The third-order valence-electron chi connectivity index (χ3n) is 4.09. The van der Waals surface area contributed by atoms with Crippen molar-refractivity contribution >= 4 is 5.96 Å². The van der Waals surface area contributed by atoms with E-state index in [1.807, 2.05) is 32.3 Å². The zero-order chi connectivity index (χ0) is 16.5. The minimum atomic E-state index is 0.494. The van der Waals surface area contributed by atoms with E-state index in [0.717, 1.165) is 17.9 Å². The van der Waals surface area contributed by atoms with Crippen molar-refractivity contribution < 1.29 is 4.74 Å². The molecule has 5 heteroatoms. The van der Waals surface area contributed by atoms with E-state index in [1.165, 1.54) is 32.1 Å². The molecule has 5 nitrogen and oxygen atoms in total. The average molecular weight is 318 g/mol. The van der Waals surface area contributed by atoms with Crippen LogP contribution in [0.4, 0.5) is 0 Å². The van der Waals surface area contributed by atoms with Crippen LogP contribution in [0.15, 0.2) is 29.3 Å². The normalized spacial score (nSPS) is 16.6. The van der Waals surface area contributed by atoms with Crippen LogP contribution in [0, 0.1) is 0 Å². The molecule has 1 aromatic carbocycles. The Morgan fingerprint density at radius 3 is 2.83 bits per heavy atom. The van der Waals surface area contributed by atoms with E-state index in [9.17, 15) is 0 Å². The SMILES string of the molecule is CN(C)CCOc1cccc(CN=C(N)NC2CCCCC2)c1. The molecule has 0 aromatic heterocycles. The van der Waals surface area contributed by atoms with Crippen LogP contribution in [-0.4, -0.2) is 44.1 Å². The zero-order valence-corrected chi connectivity index (χ0v) is 14.4. The van der Waals surface area contributed by atoms with E-state index in [2.05, 4.69) is 21.3 Å². The number of hydrogen-bond donors (Lipinski definition) is 2. The van der Waals surface area contributed by atoms with Crippen molar-refractivity contribution in [3.63, 3.8) is 0 Å². The van der Waals surface area contributed by atoms with Gasteiger partial charge in [-0.25, -0.2) is 4.99 Å². The first-order valence-electron chi connectivity index (χ1n) is 8.56. The number of ether oxygens (including phenoxy) is 1. The van der Waals surface area contributed by atoms with Crippen molar-refractivity contribution in [3.05, 3.63) is 29.8 Å². The molecule has 0 aliphatic heterocycles. The fraction of sp³-hybridized carbons (Fsp3) is 0.611. The maximum atomic E-state index is 6.01. The smallest absolute Gasteiger partial charge is 0.189 e. The third kappa shape index (κ3) is 6.91. The molecule has 0 amide bonds. The molecule has 1 aliphatic carbocycles. The number of hydrogen-bond acceptors (Lipinski definition) is 3. The van der Waals surface area contributed by atoms with Gasteiger partial charge in [-0.3, -0.25) is 0 Å². The van der Waals surface area contributed by atoms with Gasteiger partial charge in [0, 0.05) is 12.6 Å². The van der Waals surface area contributed by atoms with Crippen molar-refractivity contribution in [2.75, 3.05) is 27.2 Å². The van der Waals surface area contributed by atoms with E-state index >= 15 is 0 Å². The van der Waals surface area contributed by atoms with Crippen molar-refractivity contribution in [2.45, 2.75) is 44.7 Å². The van der Waals surface area contributed by atoms with Gasteiger partial charge in [-0.2, -0.15) is 0 Å². The second-order valence-electron chi connectivity index (χ2n) is 6.48. The van der Waals surface area contributed by atoms with Crippen LogP contribution in [0.25, 0.3) is 0 Å². The van der Waals surface area contributed by atoms with Crippen molar-refractivity contribution in [2.24, 2.45) is 10.7 Å². The first kappa shape index (κ1) is 17.6. The van der Waals surface area contributed by atoms with Gasteiger partial charge in [0.25, 0.3) is 0 Å². The summed E-state index contributed by atoms with van der Waals surface area (Å²) in [7, 11) is 4.08. The number of aliphatic imine (C=N–C) groups is 1. The Kier molecular flexibility index (Phi) is 7.20. The minimum Gasteiger partial charge on any atom is -0.492 e. The molecule has 1 fully saturated rings. The number of rotatable bonds is 7. The summed E-state index contributed by atoms with van der Waals surface area (Å²) in [5, 5.41) is 3.34. The summed E-state index contributed by atoms with van der Waals surface area (Å²) in [6, 6.07) is 8.56. The third-order valence-corrected chi connectivity index (χ3v) is 4.09. The van der Waals surface area contributed by atoms with Crippen LogP contribution < -0.4 is 15.8 Å². The molecule has 0 heterocycles. The van der Waals surface area contributed by atoms with E-state index < -0.39 is 0 Å². The fourth-order valence-corrected chi connectivity index (χ4v) is 2.76. The Hall–Kier alpha value is -1.75. The Bertz CT molecular complexity index is 496. The predicted octanol–water partition coefficient (Wildman–Crippen LogP) is 2.36. The molecule has 0 bridgehead atoms. The van der Waals surface area contributed by atoms with Crippen LogP contribution in [0.2, 0.25) is 0 Å². The molecule has 2 rings (SSSR count). The second kappa shape index (κ2) is 9.40. The van der Waals surface area contributed by atoms with Gasteiger partial charge in [0.15, 0.2) is 5.96 Å². The first-order chi connectivity index (χ1) is 11.1. The molecule has 128 valence electrons. The molecule has 3 N–H and O–H groups in total. The Labute approximate surface area is 139 Å². The number of nitrogens with two attached hydrogens (primary N) is 1. The van der Waals surface area contributed by atoms with E-state index in [4.69, 9.17) is 10.5 Å². The summed E-state index contributed by atoms with van der Waals surface area (Å²) in [5.74, 6) is 1.44. The number of guanidine groups is 1. The molecular formula is C18H30N4O. The highest BCUT2D eigenvalue weighted by molar-refractivity contribution is 5.78. The molecule has 1 aromatic rings. The number of likely N-dealkylation sites (N-methyl/N-ethyl adjacent to an activating group) is 1. The van der Waals surface area contributed by atoms with E-state index in [-0.39, 0.29) is 0 Å². The molecule has 0 spiro atoms. The monoisotopic (exact) mass is 318 g/mol. The number of benzene rings is 1. The molecule has 23 heavy (non-hydrogen) atoms. The zero-order valence-electron chi connectivity index (χ0n) is 14.4. The lowest BCUT2D eigenvalue weighted by Crippen LogP contribution is -2.41. The van der Waals surface area contributed by atoms with E-state index in [0.29, 0.717) is 25.2 Å². The summed E-state index contributed by atoms with van der Waals surface area (Å²) >= 11 is 0. The number of nitrogens with zero attached hydrogens (tertiary/aromatic N) is 2. The minimum absolute atomic E-state index is 0.494. The Morgan fingerprint density at radius 2 is 2.09 bits per heavy atom. The second-order valence-corrected chi connectivity index (χ2v) is 6.48. The molecule has 0 saturated heterocycles. The quantitative estimate of drug-likeness (QED) is 0.598. The highest BCUT2D eigenvalue weighted by Crippen LogP contribution is 2.17. The van der Waals surface area contributed by atoms with Gasteiger partial charge in [-0.05, 0) is 44.6 Å². The molecule has 0 unspecified atom stereocenters. The highest BCUT2D eigenvalue weighted by Gasteiger charge is 2.13. The van der Waals surface area contributed by atoms with Crippen molar-refractivity contribution in [1.29, 1.82) is 0 Å². The summed E-state index contributed by atoms with van der Waals surface area (Å²) in [5.41, 5.74) is 7.12. The molecule has 1 aliphatic rings. The molecule has 0 radical (unpaired) electrons. The topological polar surface area (TPSA) is 62.9 Å². The predicted molar refractivity (Wildman–Crippen MR) is 95.8 cm³/mol. The largest absolute Gasteiger partial charge is 0.492 e. The Morgan fingerprint density at radius 1 is 1.30 bits per heavy atom. The van der Waals surface area contributed by atoms with Crippen LogP contribution in [0.1, 0.15) is 37.7 Å². The fourth-order valence-electron chi connectivity index (χ4n) is 2.76. The van der Waals surface area contributed by atoms with Gasteiger partial charge in [-0.1, -0.05) is 31.4 Å². The first-order valence-corrected chi connectivity index (χ1v) is 8.56. The maximum absolute atomic E-state index is 6.01. The number of nitrogens with one attached hydrogen (secondary N) is 1. The Balaban J connectivity index is 1.80. The lowest BCUT2D eigenvalue weighted by Gasteiger charge is -2.23.